The lowest BCUT2D eigenvalue weighted by Gasteiger charge is -2.27. The van der Waals surface area contributed by atoms with E-state index in [2.05, 4.69) is 17.6 Å². The van der Waals surface area contributed by atoms with E-state index in [1.54, 1.807) is 6.26 Å². The highest BCUT2D eigenvalue weighted by molar-refractivity contribution is 5.78. The van der Waals surface area contributed by atoms with Crippen LogP contribution in [-0.2, 0) is 16.1 Å². The topological polar surface area (TPSA) is 63.5 Å². The van der Waals surface area contributed by atoms with Gasteiger partial charge in [0.15, 0.2) is 0 Å². The quantitative estimate of drug-likeness (QED) is 0.746. The fourth-order valence-corrected chi connectivity index (χ4v) is 2.47. The summed E-state index contributed by atoms with van der Waals surface area (Å²) in [6, 6.07) is 4.18. The Balaban J connectivity index is 1.51. The zero-order chi connectivity index (χ0) is 14.2. The number of rotatable bonds is 7. The normalized spacial score (nSPS) is 22.6. The van der Waals surface area contributed by atoms with Gasteiger partial charge in [-0.05, 0) is 44.9 Å². The summed E-state index contributed by atoms with van der Waals surface area (Å²) in [5.41, 5.74) is 0. The number of nitrogens with one attached hydrogen (secondary N) is 2. The minimum atomic E-state index is 0.162. The van der Waals surface area contributed by atoms with Crippen molar-refractivity contribution in [3.05, 3.63) is 24.2 Å². The molecule has 0 radical (unpaired) electrons. The van der Waals surface area contributed by atoms with Crippen molar-refractivity contribution in [2.45, 2.75) is 38.8 Å². The minimum absolute atomic E-state index is 0.162. The van der Waals surface area contributed by atoms with Gasteiger partial charge in [0.05, 0.1) is 6.26 Å². The molecule has 112 valence electrons. The van der Waals surface area contributed by atoms with Crippen molar-refractivity contribution in [3.8, 4) is 0 Å². The van der Waals surface area contributed by atoms with Crippen molar-refractivity contribution >= 4 is 5.91 Å². The molecule has 1 aliphatic rings. The summed E-state index contributed by atoms with van der Waals surface area (Å²) in [5.74, 6) is 1.18. The van der Waals surface area contributed by atoms with E-state index in [-0.39, 0.29) is 11.8 Å². The summed E-state index contributed by atoms with van der Waals surface area (Å²) < 4.78 is 10.6. The predicted molar refractivity (Wildman–Crippen MR) is 76.2 cm³/mol. The van der Waals surface area contributed by atoms with E-state index in [9.17, 15) is 4.79 Å². The van der Waals surface area contributed by atoms with Crippen LogP contribution in [0.3, 0.4) is 0 Å². The van der Waals surface area contributed by atoms with Crippen LogP contribution in [0.1, 0.15) is 31.9 Å². The van der Waals surface area contributed by atoms with Crippen LogP contribution in [-0.4, -0.2) is 31.6 Å². The van der Waals surface area contributed by atoms with Crippen molar-refractivity contribution in [1.29, 1.82) is 0 Å². The molecule has 1 amide bonds. The standard InChI is InChI=1S/C15H24N2O3/c1-12-10-13(5-7-16-12)15(18)17-6-3-8-19-11-14-4-2-9-20-14/h2,4,9,12-13,16H,3,5-8,10-11H2,1H3,(H,17,18). The fourth-order valence-electron chi connectivity index (χ4n) is 2.47. The number of ether oxygens (including phenoxy) is 1. The molecule has 1 aromatic heterocycles. The van der Waals surface area contributed by atoms with Crippen molar-refractivity contribution < 1.29 is 13.9 Å². The minimum Gasteiger partial charge on any atom is -0.467 e. The molecular formula is C15H24N2O3. The first-order valence-electron chi connectivity index (χ1n) is 7.37. The van der Waals surface area contributed by atoms with Gasteiger partial charge in [-0.15, -0.1) is 0 Å². The van der Waals surface area contributed by atoms with Gasteiger partial charge in [0.25, 0.3) is 0 Å². The molecule has 0 aromatic carbocycles. The first-order valence-corrected chi connectivity index (χ1v) is 7.37. The molecule has 1 aliphatic heterocycles. The van der Waals surface area contributed by atoms with E-state index < -0.39 is 0 Å². The van der Waals surface area contributed by atoms with Crippen LogP contribution in [0.15, 0.2) is 22.8 Å². The highest BCUT2D eigenvalue weighted by Crippen LogP contribution is 2.15. The molecule has 5 heteroatoms. The highest BCUT2D eigenvalue weighted by atomic mass is 16.5. The Morgan fingerprint density at radius 3 is 3.25 bits per heavy atom. The number of carbonyl (C=O) groups excluding carboxylic acids is 1. The first-order chi connectivity index (χ1) is 9.75. The molecule has 2 heterocycles. The molecule has 2 N–H and O–H groups in total. The van der Waals surface area contributed by atoms with Gasteiger partial charge in [0.1, 0.15) is 12.4 Å². The Morgan fingerprint density at radius 1 is 1.60 bits per heavy atom. The zero-order valence-corrected chi connectivity index (χ0v) is 12.1. The van der Waals surface area contributed by atoms with Gasteiger partial charge in [-0.25, -0.2) is 0 Å². The molecule has 0 spiro atoms. The lowest BCUT2D eigenvalue weighted by molar-refractivity contribution is -0.126. The third-order valence-corrected chi connectivity index (χ3v) is 3.58. The maximum Gasteiger partial charge on any atom is 0.223 e. The number of carbonyl (C=O) groups is 1. The Kier molecular flexibility index (Phi) is 6.08. The summed E-state index contributed by atoms with van der Waals surface area (Å²) in [6.45, 7) is 4.86. The number of furan rings is 1. The molecule has 1 fully saturated rings. The van der Waals surface area contributed by atoms with Crippen molar-refractivity contribution in [3.63, 3.8) is 0 Å². The monoisotopic (exact) mass is 280 g/mol. The zero-order valence-electron chi connectivity index (χ0n) is 12.1. The van der Waals surface area contributed by atoms with Crippen LogP contribution < -0.4 is 10.6 Å². The summed E-state index contributed by atoms with van der Waals surface area (Å²) in [7, 11) is 0. The van der Waals surface area contributed by atoms with Gasteiger partial charge < -0.3 is 19.8 Å². The van der Waals surface area contributed by atoms with Gasteiger partial charge in [0, 0.05) is 25.1 Å². The number of piperidine rings is 1. The van der Waals surface area contributed by atoms with Crippen molar-refractivity contribution in [1.82, 2.24) is 10.6 Å². The van der Waals surface area contributed by atoms with E-state index in [1.807, 2.05) is 12.1 Å². The van der Waals surface area contributed by atoms with E-state index in [0.717, 1.165) is 31.6 Å². The second-order valence-electron chi connectivity index (χ2n) is 5.35. The highest BCUT2D eigenvalue weighted by Gasteiger charge is 2.24. The first kappa shape index (κ1) is 15.1. The second kappa shape index (κ2) is 8.07. The van der Waals surface area contributed by atoms with E-state index >= 15 is 0 Å². The van der Waals surface area contributed by atoms with Crippen molar-refractivity contribution in [2.75, 3.05) is 19.7 Å². The lowest BCUT2D eigenvalue weighted by Crippen LogP contribution is -2.42. The number of hydrogen-bond acceptors (Lipinski definition) is 4. The molecule has 2 rings (SSSR count). The maximum atomic E-state index is 12.0. The van der Waals surface area contributed by atoms with Gasteiger partial charge in [-0.2, -0.15) is 0 Å². The molecule has 1 aromatic rings. The SMILES string of the molecule is CC1CC(C(=O)NCCCOCc2ccco2)CCN1. The summed E-state index contributed by atoms with van der Waals surface area (Å²) in [6.07, 6.45) is 4.33. The Hall–Kier alpha value is -1.33. The van der Waals surface area contributed by atoms with Crippen LogP contribution in [0, 0.1) is 5.92 Å². The lowest BCUT2D eigenvalue weighted by atomic mass is 9.92. The predicted octanol–water partition coefficient (Wildman–Crippen LogP) is 1.69. The van der Waals surface area contributed by atoms with Crippen LogP contribution in [0.4, 0.5) is 0 Å². The van der Waals surface area contributed by atoms with Gasteiger partial charge in [-0.3, -0.25) is 4.79 Å². The van der Waals surface area contributed by atoms with E-state index in [4.69, 9.17) is 9.15 Å². The molecule has 1 saturated heterocycles. The number of amides is 1. The van der Waals surface area contributed by atoms with Gasteiger partial charge >= 0.3 is 0 Å². The average Bonchev–Trinajstić information content (AvgIpc) is 2.95. The molecule has 2 unspecified atom stereocenters. The van der Waals surface area contributed by atoms with Crippen LogP contribution in [0.25, 0.3) is 0 Å². The maximum absolute atomic E-state index is 12.0. The Bertz CT molecular complexity index is 392. The molecule has 0 aliphatic carbocycles. The van der Waals surface area contributed by atoms with Crippen LogP contribution >= 0.6 is 0 Å². The Morgan fingerprint density at radius 2 is 2.50 bits per heavy atom. The van der Waals surface area contributed by atoms with Gasteiger partial charge in [-0.1, -0.05) is 0 Å². The van der Waals surface area contributed by atoms with Crippen LogP contribution in [0.5, 0.6) is 0 Å². The molecule has 0 bridgehead atoms. The smallest absolute Gasteiger partial charge is 0.223 e. The average molecular weight is 280 g/mol. The van der Waals surface area contributed by atoms with E-state index in [0.29, 0.717) is 25.8 Å². The Labute approximate surface area is 120 Å². The second-order valence-corrected chi connectivity index (χ2v) is 5.35. The molecule has 0 saturated carbocycles. The van der Waals surface area contributed by atoms with Crippen LogP contribution in [0.2, 0.25) is 0 Å². The third kappa shape index (κ3) is 4.98. The molecule has 2 atom stereocenters. The molecule has 5 nitrogen and oxygen atoms in total. The van der Waals surface area contributed by atoms with E-state index in [1.165, 1.54) is 0 Å². The number of hydrogen-bond donors (Lipinski definition) is 2. The fraction of sp³-hybridized carbons (Fsp3) is 0.667. The molecule has 20 heavy (non-hydrogen) atoms. The summed E-state index contributed by atoms with van der Waals surface area (Å²) in [4.78, 5) is 12.0. The summed E-state index contributed by atoms with van der Waals surface area (Å²) in [5, 5.41) is 6.35. The van der Waals surface area contributed by atoms with Crippen molar-refractivity contribution in [2.24, 2.45) is 5.92 Å². The molecular weight excluding hydrogens is 256 g/mol. The van der Waals surface area contributed by atoms with Gasteiger partial charge in [0.2, 0.25) is 5.91 Å². The largest absolute Gasteiger partial charge is 0.467 e. The summed E-state index contributed by atoms with van der Waals surface area (Å²) >= 11 is 0. The third-order valence-electron chi connectivity index (χ3n) is 3.58.